The lowest BCUT2D eigenvalue weighted by Gasteiger charge is -2.05. The van der Waals surface area contributed by atoms with Crippen molar-refractivity contribution in [2.75, 3.05) is 0 Å². The van der Waals surface area contributed by atoms with Crippen molar-refractivity contribution in [2.24, 2.45) is 5.73 Å². The van der Waals surface area contributed by atoms with Crippen LogP contribution in [0.1, 0.15) is 16.1 Å². The first-order valence-electron chi connectivity index (χ1n) is 8.04. The number of nitrogens with zero attached hydrogens (tertiary/aromatic N) is 2. The van der Waals surface area contributed by atoms with E-state index >= 15 is 0 Å². The lowest BCUT2D eigenvalue weighted by Crippen LogP contribution is -2.10. The summed E-state index contributed by atoms with van der Waals surface area (Å²) in [4.78, 5) is 23.4. The van der Waals surface area contributed by atoms with Crippen molar-refractivity contribution in [3.63, 3.8) is 0 Å². The zero-order valence-corrected chi connectivity index (χ0v) is 14.0. The lowest BCUT2D eigenvalue weighted by atomic mass is 10.0. The highest BCUT2D eigenvalue weighted by Crippen LogP contribution is 2.30. The number of carbonyl (C=O) groups excluding carboxylic acids is 1. The zero-order valence-electron chi connectivity index (χ0n) is 14.0. The molecule has 128 valence electrons. The van der Waals surface area contributed by atoms with Crippen LogP contribution < -0.4 is 11.4 Å². The molecule has 0 saturated heterocycles. The number of hydrogen-bond donors (Lipinski definition) is 1. The van der Waals surface area contributed by atoms with Gasteiger partial charge in [0.1, 0.15) is 0 Å². The number of amides is 1. The number of fused-ring (bicyclic) bond motifs is 1. The van der Waals surface area contributed by atoms with Gasteiger partial charge in [0.05, 0.1) is 16.8 Å². The number of hydrogen-bond acceptors (Lipinski definition) is 4. The summed E-state index contributed by atoms with van der Waals surface area (Å²) < 4.78 is 7.02. The van der Waals surface area contributed by atoms with Gasteiger partial charge in [0, 0.05) is 17.2 Å². The van der Waals surface area contributed by atoms with Crippen molar-refractivity contribution < 1.29 is 9.21 Å². The first-order chi connectivity index (χ1) is 12.5. The van der Waals surface area contributed by atoms with Crippen LogP contribution in [0.3, 0.4) is 0 Å². The van der Waals surface area contributed by atoms with E-state index < -0.39 is 11.5 Å². The third-order valence-electron chi connectivity index (χ3n) is 4.23. The topological polar surface area (TPSA) is 91.1 Å². The molecule has 0 radical (unpaired) electrons. The number of carbonyl (C=O) groups is 1. The number of aryl methyl sites for hydroxylation is 1. The van der Waals surface area contributed by atoms with Gasteiger partial charge in [0.2, 0.25) is 11.6 Å². The minimum atomic E-state index is -0.504. The summed E-state index contributed by atoms with van der Waals surface area (Å²) in [6.45, 7) is 1.86. The number of aromatic nitrogens is 2. The van der Waals surface area contributed by atoms with Crippen molar-refractivity contribution in [1.82, 2.24) is 9.78 Å². The minimum Gasteiger partial charge on any atom is -0.403 e. The van der Waals surface area contributed by atoms with Crippen LogP contribution in [0.4, 0.5) is 0 Å². The second kappa shape index (κ2) is 6.00. The highest BCUT2D eigenvalue weighted by molar-refractivity contribution is 5.95. The average molecular weight is 345 g/mol. The van der Waals surface area contributed by atoms with E-state index in [-0.39, 0.29) is 0 Å². The molecular weight excluding hydrogens is 330 g/mol. The average Bonchev–Trinajstić information content (AvgIpc) is 2.98. The van der Waals surface area contributed by atoms with Gasteiger partial charge in [-0.2, -0.15) is 9.78 Å². The molecule has 4 rings (SSSR count). The maximum atomic E-state index is 12.1. The molecule has 6 heteroatoms. The van der Waals surface area contributed by atoms with Crippen LogP contribution in [0.15, 0.2) is 69.9 Å². The fraction of sp³-hybridized carbons (Fsp3) is 0.0500. The molecular formula is C20H15N3O3. The Bertz CT molecular complexity index is 1170. The van der Waals surface area contributed by atoms with Gasteiger partial charge >= 0.3 is 5.63 Å². The molecule has 0 atom stereocenters. The van der Waals surface area contributed by atoms with E-state index in [1.165, 1.54) is 6.07 Å². The second-order valence-electron chi connectivity index (χ2n) is 5.93. The molecule has 1 amide bonds. The second-order valence-corrected chi connectivity index (χ2v) is 5.93. The highest BCUT2D eigenvalue weighted by Gasteiger charge is 2.17. The van der Waals surface area contributed by atoms with Gasteiger partial charge in [-0.3, -0.25) is 4.79 Å². The Labute approximate surface area is 148 Å². The molecule has 2 heterocycles. The van der Waals surface area contributed by atoms with E-state index in [1.807, 2.05) is 37.3 Å². The lowest BCUT2D eigenvalue weighted by molar-refractivity contribution is 0.100. The Kier molecular flexibility index (Phi) is 3.65. The van der Waals surface area contributed by atoms with Crippen molar-refractivity contribution in [1.29, 1.82) is 0 Å². The number of rotatable bonds is 3. The quantitative estimate of drug-likeness (QED) is 0.618. The molecule has 4 aromatic rings. The predicted octanol–water partition coefficient (Wildman–Crippen LogP) is 3.05. The molecule has 0 spiro atoms. The summed E-state index contributed by atoms with van der Waals surface area (Å²) >= 11 is 0. The van der Waals surface area contributed by atoms with Crippen molar-refractivity contribution >= 4 is 17.0 Å². The van der Waals surface area contributed by atoms with E-state index in [1.54, 1.807) is 28.9 Å². The molecule has 0 aliphatic rings. The summed E-state index contributed by atoms with van der Waals surface area (Å²) in [5, 5.41) is 5.30. The van der Waals surface area contributed by atoms with Crippen molar-refractivity contribution in [3.05, 3.63) is 82.3 Å². The summed E-state index contributed by atoms with van der Waals surface area (Å²) in [6, 6.07) is 17.7. The van der Waals surface area contributed by atoms with Crippen molar-refractivity contribution in [2.45, 2.75) is 6.92 Å². The third kappa shape index (κ3) is 2.57. The Morgan fingerprint density at radius 1 is 1.08 bits per heavy atom. The molecule has 0 bridgehead atoms. The van der Waals surface area contributed by atoms with Gasteiger partial charge < -0.3 is 10.2 Å². The van der Waals surface area contributed by atoms with Crippen LogP contribution in [0.2, 0.25) is 0 Å². The van der Waals surface area contributed by atoms with Gasteiger partial charge in [-0.15, -0.1) is 0 Å². The van der Waals surface area contributed by atoms with Crippen molar-refractivity contribution in [3.8, 4) is 16.8 Å². The first-order valence-corrected chi connectivity index (χ1v) is 8.04. The largest absolute Gasteiger partial charge is 0.403 e. The maximum Gasteiger partial charge on any atom is 0.338 e. The molecule has 0 saturated carbocycles. The molecule has 0 unspecified atom stereocenters. The van der Waals surface area contributed by atoms with Gasteiger partial charge in [0.15, 0.2) is 0 Å². The Morgan fingerprint density at radius 2 is 1.77 bits per heavy atom. The molecule has 0 aliphatic carbocycles. The van der Waals surface area contributed by atoms with Gasteiger partial charge in [0.25, 0.3) is 0 Å². The van der Waals surface area contributed by atoms with Crippen LogP contribution in [0.25, 0.3) is 27.9 Å². The van der Waals surface area contributed by atoms with Gasteiger partial charge in [-0.25, -0.2) is 4.79 Å². The smallest absolute Gasteiger partial charge is 0.338 e. The van der Waals surface area contributed by atoms with E-state index in [0.717, 1.165) is 22.2 Å². The molecule has 2 aromatic heterocycles. The summed E-state index contributed by atoms with van der Waals surface area (Å²) in [7, 11) is 0. The normalized spacial score (nSPS) is 11.0. The van der Waals surface area contributed by atoms with Crippen LogP contribution in [0, 0.1) is 6.92 Å². The first kappa shape index (κ1) is 15.8. The van der Waals surface area contributed by atoms with E-state index in [0.29, 0.717) is 17.0 Å². The molecule has 0 aliphatic heterocycles. The number of primary amides is 1. The molecule has 26 heavy (non-hydrogen) atoms. The van der Waals surface area contributed by atoms with E-state index in [2.05, 4.69) is 5.10 Å². The summed E-state index contributed by atoms with van der Waals surface area (Å²) in [5.74, 6) is -0.504. The van der Waals surface area contributed by atoms with Gasteiger partial charge in [-0.05, 0) is 36.8 Å². The molecule has 0 fully saturated rings. The fourth-order valence-electron chi connectivity index (χ4n) is 3.01. The molecule has 6 nitrogen and oxygen atoms in total. The summed E-state index contributed by atoms with van der Waals surface area (Å²) in [6.07, 6.45) is 0. The summed E-state index contributed by atoms with van der Waals surface area (Å²) in [5.41, 5.74) is 8.68. The third-order valence-corrected chi connectivity index (χ3v) is 4.23. The van der Waals surface area contributed by atoms with E-state index in [9.17, 15) is 9.59 Å². The minimum absolute atomic E-state index is 0.362. The fourth-order valence-corrected chi connectivity index (χ4v) is 3.01. The SMILES string of the molecule is Cc1nn(-c2ccc(C(N)=O)cc2)c2oc(=O)cc(-c3ccccc3)c12. The Hall–Kier alpha value is -3.67. The highest BCUT2D eigenvalue weighted by atomic mass is 16.4. The van der Waals surface area contributed by atoms with Crippen LogP contribution in [-0.2, 0) is 0 Å². The predicted molar refractivity (Wildman–Crippen MR) is 98.3 cm³/mol. The van der Waals surface area contributed by atoms with Crippen LogP contribution >= 0.6 is 0 Å². The Morgan fingerprint density at radius 3 is 2.42 bits per heavy atom. The zero-order chi connectivity index (χ0) is 18.3. The standard InChI is InChI=1S/C20H15N3O3/c1-12-18-16(13-5-3-2-4-6-13)11-17(24)26-20(18)23(22-12)15-9-7-14(8-10-15)19(21)25/h2-11H,1H3,(H2,21,25). The van der Waals surface area contributed by atoms with Crippen LogP contribution in [0.5, 0.6) is 0 Å². The monoisotopic (exact) mass is 345 g/mol. The maximum absolute atomic E-state index is 12.1. The molecule has 2 N–H and O–H groups in total. The Balaban J connectivity index is 1.97. The van der Waals surface area contributed by atoms with Gasteiger partial charge in [-0.1, -0.05) is 30.3 Å². The molecule has 2 aromatic carbocycles. The van der Waals surface area contributed by atoms with Crippen LogP contribution in [-0.4, -0.2) is 15.7 Å². The number of benzene rings is 2. The number of nitrogens with two attached hydrogens (primary N) is 1. The van der Waals surface area contributed by atoms with E-state index in [4.69, 9.17) is 10.2 Å².